The lowest BCUT2D eigenvalue weighted by atomic mass is 10.1. The standard InChI is InChI=1S/C22H30F3N3O/c1-4-7-8-9-14-29-20-19(22(23,24)25)16-26-21(27-20)28(6-3)18-13-10-12-17(15-18)11-5-2/h10,12-13,15-16H,4-9,11,14H2,1-3H3. The van der Waals surface area contributed by atoms with Crippen molar-refractivity contribution in [3.05, 3.63) is 41.6 Å². The minimum absolute atomic E-state index is 0.206. The van der Waals surface area contributed by atoms with E-state index in [1.807, 2.05) is 31.2 Å². The predicted molar refractivity (Wildman–Crippen MR) is 110 cm³/mol. The average Bonchev–Trinajstić information content (AvgIpc) is 2.68. The second kappa shape index (κ2) is 11.0. The Morgan fingerprint density at radius 2 is 1.83 bits per heavy atom. The molecule has 0 unspecified atom stereocenters. The first kappa shape index (κ1) is 23.0. The Morgan fingerprint density at radius 1 is 1.03 bits per heavy atom. The van der Waals surface area contributed by atoms with E-state index in [4.69, 9.17) is 4.74 Å². The van der Waals surface area contributed by atoms with Crippen molar-refractivity contribution < 1.29 is 17.9 Å². The lowest BCUT2D eigenvalue weighted by molar-refractivity contribution is -0.139. The third-order valence-corrected chi connectivity index (χ3v) is 4.60. The minimum atomic E-state index is -4.56. The number of anilines is 2. The fourth-order valence-electron chi connectivity index (χ4n) is 3.10. The van der Waals surface area contributed by atoms with E-state index < -0.39 is 17.6 Å². The van der Waals surface area contributed by atoms with Crippen molar-refractivity contribution >= 4 is 11.6 Å². The number of hydrogen-bond donors (Lipinski definition) is 0. The molecule has 0 spiro atoms. The molecule has 7 heteroatoms. The highest BCUT2D eigenvalue weighted by Gasteiger charge is 2.36. The molecule has 1 aromatic carbocycles. The van der Waals surface area contributed by atoms with Crippen LogP contribution in [-0.2, 0) is 12.6 Å². The molecule has 0 bridgehead atoms. The lowest BCUT2D eigenvalue weighted by Crippen LogP contribution is -2.21. The molecule has 160 valence electrons. The van der Waals surface area contributed by atoms with E-state index in [0.29, 0.717) is 13.0 Å². The van der Waals surface area contributed by atoms with E-state index in [1.54, 1.807) is 4.90 Å². The van der Waals surface area contributed by atoms with Crippen molar-refractivity contribution in [3.8, 4) is 5.88 Å². The van der Waals surface area contributed by atoms with Crippen molar-refractivity contribution in [2.45, 2.75) is 65.5 Å². The van der Waals surface area contributed by atoms with Gasteiger partial charge in [0.15, 0.2) is 0 Å². The molecule has 0 saturated carbocycles. The number of alkyl halides is 3. The Hall–Kier alpha value is -2.31. The van der Waals surface area contributed by atoms with Gasteiger partial charge in [0, 0.05) is 18.4 Å². The molecule has 4 nitrogen and oxygen atoms in total. The van der Waals surface area contributed by atoms with Crippen LogP contribution in [0, 0.1) is 0 Å². The van der Waals surface area contributed by atoms with Crippen LogP contribution < -0.4 is 9.64 Å². The molecule has 2 rings (SSSR count). The van der Waals surface area contributed by atoms with E-state index in [2.05, 4.69) is 23.8 Å². The Morgan fingerprint density at radius 3 is 2.48 bits per heavy atom. The fraction of sp³-hybridized carbons (Fsp3) is 0.545. The second-order valence-corrected chi connectivity index (χ2v) is 6.96. The lowest BCUT2D eigenvalue weighted by Gasteiger charge is -2.23. The number of hydrogen-bond acceptors (Lipinski definition) is 4. The highest BCUT2D eigenvalue weighted by molar-refractivity contribution is 5.58. The number of unbranched alkanes of at least 4 members (excludes halogenated alkanes) is 3. The Balaban J connectivity index is 2.30. The van der Waals surface area contributed by atoms with E-state index in [9.17, 15) is 13.2 Å². The van der Waals surface area contributed by atoms with Gasteiger partial charge in [-0.25, -0.2) is 4.98 Å². The summed E-state index contributed by atoms with van der Waals surface area (Å²) in [5, 5.41) is 0. The molecule has 29 heavy (non-hydrogen) atoms. The van der Waals surface area contributed by atoms with Crippen LogP contribution in [0.1, 0.15) is 64.0 Å². The van der Waals surface area contributed by atoms with Crippen molar-refractivity contribution in [1.29, 1.82) is 0 Å². The largest absolute Gasteiger partial charge is 0.477 e. The van der Waals surface area contributed by atoms with Gasteiger partial charge in [-0.3, -0.25) is 0 Å². The second-order valence-electron chi connectivity index (χ2n) is 6.96. The summed E-state index contributed by atoms with van der Waals surface area (Å²) in [5.74, 6) is -0.195. The molecule has 0 fully saturated rings. The molecule has 2 aromatic rings. The summed E-state index contributed by atoms with van der Waals surface area (Å²) in [5.41, 5.74) is 1.09. The fourth-order valence-corrected chi connectivity index (χ4v) is 3.10. The SMILES string of the molecule is CCCCCCOc1nc(N(CC)c2cccc(CCC)c2)ncc1C(F)(F)F. The van der Waals surface area contributed by atoms with Crippen LogP contribution in [0.4, 0.5) is 24.8 Å². The molecular formula is C22H30F3N3O. The Labute approximate surface area is 171 Å². The molecule has 0 saturated heterocycles. The molecule has 1 heterocycles. The maximum Gasteiger partial charge on any atom is 0.423 e. The first-order valence-corrected chi connectivity index (χ1v) is 10.3. The van der Waals surface area contributed by atoms with Crippen LogP contribution in [-0.4, -0.2) is 23.1 Å². The van der Waals surface area contributed by atoms with Crippen LogP contribution in [0.25, 0.3) is 0 Å². The first-order chi connectivity index (χ1) is 13.9. The zero-order valence-corrected chi connectivity index (χ0v) is 17.4. The van der Waals surface area contributed by atoms with Crippen LogP contribution in [0.15, 0.2) is 30.5 Å². The van der Waals surface area contributed by atoms with Crippen molar-refractivity contribution in [1.82, 2.24) is 9.97 Å². The van der Waals surface area contributed by atoms with Crippen molar-refractivity contribution in [2.24, 2.45) is 0 Å². The normalized spacial score (nSPS) is 11.5. The van der Waals surface area contributed by atoms with E-state index >= 15 is 0 Å². The van der Waals surface area contributed by atoms with Gasteiger partial charge in [0.1, 0.15) is 5.56 Å². The van der Waals surface area contributed by atoms with E-state index in [-0.39, 0.29) is 12.6 Å². The molecule has 0 atom stereocenters. The number of benzene rings is 1. The van der Waals surface area contributed by atoms with Gasteiger partial charge in [-0.2, -0.15) is 18.2 Å². The van der Waals surface area contributed by atoms with Crippen LogP contribution in [0.5, 0.6) is 5.88 Å². The monoisotopic (exact) mass is 409 g/mol. The van der Waals surface area contributed by atoms with Gasteiger partial charge >= 0.3 is 6.18 Å². The van der Waals surface area contributed by atoms with Crippen LogP contribution in [0.2, 0.25) is 0 Å². The molecule has 0 aliphatic heterocycles. The van der Waals surface area contributed by atoms with Gasteiger partial charge in [0.05, 0.1) is 6.61 Å². The summed E-state index contributed by atoms with van der Waals surface area (Å²) in [6.45, 7) is 6.83. The summed E-state index contributed by atoms with van der Waals surface area (Å²) in [6, 6.07) is 7.92. The quantitative estimate of drug-likeness (QED) is 0.394. The molecule has 1 aromatic heterocycles. The number of halogens is 3. The highest BCUT2D eigenvalue weighted by atomic mass is 19.4. The zero-order valence-electron chi connectivity index (χ0n) is 17.4. The van der Waals surface area contributed by atoms with Gasteiger partial charge in [-0.1, -0.05) is 51.7 Å². The Bertz CT molecular complexity index is 765. The third kappa shape index (κ3) is 6.61. The van der Waals surface area contributed by atoms with E-state index in [1.165, 1.54) is 5.56 Å². The summed E-state index contributed by atoms with van der Waals surface area (Å²) < 4.78 is 45.6. The summed E-state index contributed by atoms with van der Waals surface area (Å²) >= 11 is 0. The number of ether oxygens (including phenoxy) is 1. The smallest absolute Gasteiger partial charge is 0.423 e. The molecule has 0 aliphatic rings. The minimum Gasteiger partial charge on any atom is -0.477 e. The number of nitrogens with zero attached hydrogens (tertiary/aromatic N) is 3. The number of rotatable bonds is 11. The summed E-state index contributed by atoms with van der Waals surface area (Å²) in [7, 11) is 0. The van der Waals surface area contributed by atoms with E-state index in [0.717, 1.165) is 44.0 Å². The van der Waals surface area contributed by atoms with Crippen molar-refractivity contribution in [2.75, 3.05) is 18.1 Å². The van der Waals surface area contributed by atoms with Gasteiger partial charge in [0.2, 0.25) is 11.8 Å². The number of aromatic nitrogens is 2. The topological polar surface area (TPSA) is 38.2 Å². The third-order valence-electron chi connectivity index (χ3n) is 4.60. The number of aryl methyl sites for hydroxylation is 1. The van der Waals surface area contributed by atoms with Gasteiger partial charge in [-0.15, -0.1) is 0 Å². The van der Waals surface area contributed by atoms with Crippen molar-refractivity contribution in [3.63, 3.8) is 0 Å². The van der Waals surface area contributed by atoms with Gasteiger partial charge in [0.25, 0.3) is 0 Å². The Kier molecular flexibility index (Phi) is 8.73. The van der Waals surface area contributed by atoms with Crippen LogP contribution in [0.3, 0.4) is 0 Å². The first-order valence-electron chi connectivity index (χ1n) is 10.3. The highest BCUT2D eigenvalue weighted by Crippen LogP contribution is 2.36. The average molecular weight is 409 g/mol. The zero-order chi connectivity index (χ0) is 21.3. The molecule has 0 N–H and O–H groups in total. The van der Waals surface area contributed by atoms with Gasteiger partial charge < -0.3 is 9.64 Å². The molecule has 0 aliphatic carbocycles. The molecule has 0 radical (unpaired) electrons. The maximum absolute atomic E-state index is 13.4. The summed E-state index contributed by atoms with van der Waals surface area (Å²) in [6.07, 6.45) is 1.91. The van der Waals surface area contributed by atoms with Crippen LogP contribution >= 0.6 is 0 Å². The maximum atomic E-state index is 13.4. The summed E-state index contributed by atoms with van der Waals surface area (Å²) in [4.78, 5) is 9.95. The van der Waals surface area contributed by atoms with Gasteiger partial charge in [-0.05, 0) is 37.5 Å². The predicted octanol–water partition coefficient (Wildman–Crippen LogP) is 6.57. The molecule has 0 amide bonds. The molecular weight excluding hydrogens is 379 g/mol.